The molecule has 3 heteroatoms. The van der Waals surface area contributed by atoms with Crippen LogP contribution >= 0.6 is 0 Å². The van der Waals surface area contributed by atoms with E-state index in [1.165, 1.54) is 5.56 Å². The Bertz CT molecular complexity index is 645. The Morgan fingerprint density at radius 1 is 1.14 bits per heavy atom. The maximum Gasteiger partial charge on any atom is 0.328 e. The van der Waals surface area contributed by atoms with E-state index in [1.807, 2.05) is 24.3 Å². The highest BCUT2D eigenvalue weighted by molar-refractivity contribution is 5.85. The summed E-state index contributed by atoms with van der Waals surface area (Å²) < 4.78 is 0. The number of rotatable bonds is 5. The summed E-state index contributed by atoms with van der Waals surface area (Å²) >= 11 is 0. The predicted octanol–water partition coefficient (Wildman–Crippen LogP) is 4.25. The number of carboxylic acids is 1. The third kappa shape index (κ3) is 3.96. The fourth-order valence-electron chi connectivity index (χ4n) is 2.24. The molecule has 21 heavy (non-hydrogen) atoms. The van der Waals surface area contributed by atoms with Gasteiger partial charge >= 0.3 is 5.97 Å². The topological polar surface area (TPSA) is 40.5 Å². The minimum absolute atomic E-state index is 0.869. The van der Waals surface area contributed by atoms with E-state index in [0.717, 1.165) is 29.6 Å². The number of hydrogen-bond donors (Lipinski definition) is 1. The fourth-order valence-corrected chi connectivity index (χ4v) is 2.24. The molecule has 108 valence electrons. The van der Waals surface area contributed by atoms with Gasteiger partial charge in [0.2, 0.25) is 0 Å². The minimum atomic E-state index is -0.936. The van der Waals surface area contributed by atoms with Gasteiger partial charge in [-0.15, -0.1) is 0 Å². The van der Waals surface area contributed by atoms with Crippen LogP contribution in [0.4, 0.5) is 11.4 Å². The van der Waals surface area contributed by atoms with Gasteiger partial charge in [0.25, 0.3) is 0 Å². The number of aliphatic carboxylic acids is 1. The SMILES string of the molecule is CCN(c1ccc(C=CC(=O)O)cc1)c1cccc(C)c1. The second-order valence-electron chi connectivity index (χ2n) is 4.85. The summed E-state index contributed by atoms with van der Waals surface area (Å²) in [4.78, 5) is 12.7. The lowest BCUT2D eigenvalue weighted by Gasteiger charge is -2.23. The van der Waals surface area contributed by atoms with Crippen molar-refractivity contribution in [2.45, 2.75) is 13.8 Å². The van der Waals surface area contributed by atoms with Crippen molar-refractivity contribution in [1.82, 2.24) is 0 Å². The Hall–Kier alpha value is -2.55. The van der Waals surface area contributed by atoms with Crippen LogP contribution in [0.5, 0.6) is 0 Å². The normalized spacial score (nSPS) is 10.8. The van der Waals surface area contributed by atoms with Crippen molar-refractivity contribution >= 4 is 23.4 Å². The van der Waals surface area contributed by atoms with Crippen LogP contribution in [0.2, 0.25) is 0 Å². The summed E-state index contributed by atoms with van der Waals surface area (Å²) in [5.41, 5.74) is 4.36. The molecular weight excluding hydrogens is 262 g/mol. The average molecular weight is 281 g/mol. The van der Waals surface area contributed by atoms with E-state index in [-0.39, 0.29) is 0 Å². The third-order valence-corrected chi connectivity index (χ3v) is 3.25. The molecule has 0 aliphatic carbocycles. The predicted molar refractivity (Wildman–Crippen MR) is 87.0 cm³/mol. The Morgan fingerprint density at radius 3 is 2.43 bits per heavy atom. The molecular formula is C18H19NO2. The molecule has 0 heterocycles. The van der Waals surface area contributed by atoms with Crippen molar-refractivity contribution in [3.63, 3.8) is 0 Å². The van der Waals surface area contributed by atoms with E-state index in [1.54, 1.807) is 6.08 Å². The number of carboxylic acid groups (broad SMARTS) is 1. The first-order valence-electron chi connectivity index (χ1n) is 6.95. The molecule has 0 aliphatic rings. The molecule has 0 aliphatic heterocycles. The molecule has 0 unspecified atom stereocenters. The molecule has 0 saturated carbocycles. The zero-order valence-electron chi connectivity index (χ0n) is 12.3. The van der Waals surface area contributed by atoms with E-state index in [4.69, 9.17) is 5.11 Å². The second-order valence-corrected chi connectivity index (χ2v) is 4.85. The van der Waals surface area contributed by atoms with Crippen LogP contribution in [-0.4, -0.2) is 17.6 Å². The van der Waals surface area contributed by atoms with Crippen molar-refractivity contribution in [2.24, 2.45) is 0 Å². The summed E-state index contributed by atoms with van der Waals surface area (Å²) in [7, 11) is 0. The molecule has 0 radical (unpaired) electrons. The summed E-state index contributed by atoms with van der Waals surface area (Å²) in [5.74, 6) is -0.936. The van der Waals surface area contributed by atoms with Gasteiger partial charge < -0.3 is 10.0 Å². The van der Waals surface area contributed by atoms with Crippen molar-refractivity contribution in [3.05, 3.63) is 65.7 Å². The van der Waals surface area contributed by atoms with Gasteiger partial charge in [0.15, 0.2) is 0 Å². The molecule has 2 aromatic rings. The summed E-state index contributed by atoms with van der Waals surface area (Å²) in [6, 6.07) is 16.2. The molecule has 0 aromatic heterocycles. The highest BCUT2D eigenvalue weighted by Crippen LogP contribution is 2.26. The molecule has 2 aromatic carbocycles. The van der Waals surface area contributed by atoms with E-state index < -0.39 is 5.97 Å². The quantitative estimate of drug-likeness (QED) is 0.833. The van der Waals surface area contributed by atoms with Gasteiger partial charge in [-0.1, -0.05) is 24.3 Å². The third-order valence-electron chi connectivity index (χ3n) is 3.25. The summed E-state index contributed by atoms with van der Waals surface area (Å²) in [6.07, 6.45) is 2.74. The first kappa shape index (κ1) is 14.9. The van der Waals surface area contributed by atoms with Crippen LogP contribution < -0.4 is 4.90 Å². The Labute approximate surface area is 125 Å². The molecule has 0 saturated heterocycles. The van der Waals surface area contributed by atoms with Gasteiger partial charge in [-0.05, 0) is 55.3 Å². The molecule has 0 spiro atoms. The molecule has 0 atom stereocenters. The molecule has 1 N–H and O–H groups in total. The van der Waals surface area contributed by atoms with Gasteiger partial charge in [-0.25, -0.2) is 4.79 Å². The van der Waals surface area contributed by atoms with Gasteiger partial charge in [-0.3, -0.25) is 0 Å². The standard InChI is InChI=1S/C18H19NO2/c1-3-19(17-6-4-5-14(2)13-17)16-10-7-15(8-11-16)9-12-18(20)21/h4-13H,3H2,1-2H3,(H,20,21). The Morgan fingerprint density at radius 2 is 1.86 bits per heavy atom. The first-order chi connectivity index (χ1) is 10.1. The van der Waals surface area contributed by atoms with Crippen LogP contribution in [0.3, 0.4) is 0 Å². The zero-order chi connectivity index (χ0) is 15.2. The Kier molecular flexibility index (Phi) is 4.77. The minimum Gasteiger partial charge on any atom is -0.478 e. The smallest absolute Gasteiger partial charge is 0.328 e. The number of aryl methyl sites for hydroxylation is 1. The molecule has 0 amide bonds. The number of anilines is 2. The lowest BCUT2D eigenvalue weighted by Crippen LogP contribution is -2.15. The summed E-state index contributed by atoms with van der Waals surface area (Å²) in [6.45, 7) is 5.06. The molecule has 2 rings (SSSR count). The lowest BCUT2D eigenvalue weighted by atomic mass is 10.1. The largest absolute Gasteiger partial charge is 0.478 e. The number of benzene rings is 2. The Balaban J connectivity index is 2.25. The van der Waals surface area contributed by atoms with Crippen LogP contribution in [0.25, 0.3) is 6.08 Å². The van der Waals surface area contributed by atoms with Crippen molar-refractivity contribution in [2.75, 3.05) is 11.4 Å². The van der Waals surface area contributed by atoms with Crippen molar-refractivity contribution in [3.8, 4) is 0 Å². The van der Waals surface area contributed by atoms with E-state index >= 15 is 0 Å². The zero-order valence-corrected chi connectivity index (χ0v) is 12.3. The summed E-state index contributed by atoms with van der Waals surface area (Å²) in [5, 5.41) is 8.64. The van der Waals surface area contributed by atoms with E-state index in [2.05, 4.69) is 43.0 Å². The second kappa shape index (κ2) is 6.75. The van der Waals surface area contributed by atoms with Gasteiger partial charge in [-0.2, -0.15) is 0 Å². The van der Waals surface area contributed by atoms with Crippen LogP contribution in [-0.2, 0) is 4.79 Å². The average Bonchev–Trinajstić information content (AvgIpc) is 2.47. The van der Waals surface area contributed by atoms with Crippen molar-refractivity contribution < 1.29 is 9.90 Å². The van der Waals surface area contributed by atoms with E-state index in [0.29, 0.717) is 0 Å². The van der Waals surface area contributed by atoms with Crippen molar-refractivity contribution in [1.29, 1.82) is 0 Å². The molecule has 3 nitrogen and oxygen atoms in total. The highest BCUT2D eigenvalue weighted by atomic mass is 16.4. The number of carbonyl (C=O) groups is 1. The van der Waals surface area contributed by atoms with Gasteiger partial charge in [0.1, 0.15) is 0 Å². The number of hydrogen-bond acceptors (Lipinski definition) is 2. The fraction of sp³-hybridized carbons (Fsp3) is 0.167. The van der Waals surface area contributed by atoms with Gasteiger partial charge in [0.05, 0.1) is 0 Å². The maximum atomic E-state index is 10.5. The lowest BCUT2D eigenvalue weighted by molar-refractivity contribution is -0.131. The maximum absolute atomic E-state index is 10.5. The first-order valence-corrected chi connectivity index (χ1v) is 6.95. The number of nitrogens with zero attached hydrogens (tertiary/aromatic N) is 1. The van der Waals surface area contributed by atoms with Gasteiger partial charge in [0, 0.05) is 24.0 Å². The van der Waals surface area contributed by atoms with Crippen LogP contribution in [0.1, 0.15) is 18.1 Å². The van der Waals surface area contributed by atoms with Crippen LogP contribution in [0, 0.1) is 6.92 Å². The monoisotopic (exact) mass is 281 g/mol. The van der Waals surface area contributed by atoms with E-state index in [9.17, 15) is 4.79 Å². The molecule has 0 fully saturated rings. The molecule has 0 bridgehead atoms. The highest BCUT2D eigenvalue weighted by Gasteiger charge is 2.06. The van der Waals surface area contributed by atoms with Crippen LogP contribution in [0.15, 0.2) is 54.6 Å².